The largest absolute Gasteiger partial charge is 0.451 e. The molecule has 0 saturated carbocycles. The Balaban J connectivity index is 1.66. The number of hydrogen-bond acceptors (Lipinski definition) is 7. The second kappa shape index (κ2) is 11.7. The molecular weight excluding hydrogens is 484 g/mol. The quantitative estimate of drug-likeness (QED) is 0.413. The van der Waals surface area contributed by atoms with E-state index in [0.717, 1.165) is 10.2 Å². The van der Waals surface area contributed by atoms with Crippen LogP contribution in [0.2, 0.25) is 0 Å². The minimum absolute atomic E-state index is 0.0888. The number of anilines is 1. The van der Waals surface area contributed by atoms with Gasteiger partial charge in [0.05, 0.1) is 11.4 Å². The van der Waals surface area contributed by atoms with Crippen LogP contribution in [0.25, 0.3) is 0 Å². The van der Waals surface area contributed by atoms with Gasteiger partial charge in [-0.3, -0.25) is 9.59 Å². The van der Waals surface area contributed by atoms with Crippen LogP contribution >= 0.6 is 0 Å². The Morgan fingerprint density at radius 3 is 2.39 bits per heavy atom. The van der Waals surface area contributed by atoms with Gasteiger partial charge in [-0.2, -0.15) is 9.40 Å². The number of benzene rings is 2. The van der Waals surface area contributed by atoms with Gasteiger partial charge < -0.3 is 10.1 Å². The van der Waals surface area contributed by atoms with Crippen molar-refractivity contribution < 1.29 is 22.7 Å². The highest BCUT2D eigenvalue weighted by molar-refractivity contribution is 7.89. The maximum absolute atomic E-state index is 12.9. The van der Waals surface area contributed by atoms with Crippen molar-refractivity contribution >= 4 is 27.6 Å². The number of aryl methyl sites for hydroxylation is 1. The first-order chi connectivity index (χ1) is 17.1. The van der Waals surface area contributed by atoms with Crippen LogP contribution < -0.4 is 10.9 Å². The fourth-order valence-electron chi connectivity index (χ4n) is 3.49. The molecule has 0 saturated heterocycles. The summed E-state index contributed by atoms with van der Waals surface area (Å²) >= 11 is 0. The molecule has 0 atom stereocenters. The van der Waals surface area contributed by atoms with E-state index in [1.165, 1.54) is 22.5 Å². The zero-order valence-electron chi connectivity index (χ0n) is 20.3. The molecule has 0 radical (unpaired) electrons. The van der Waals surface area contributed by atoms with Crippen molar-refractivity contribution in [3.63, 3.8) is 0 Å². The van der Waals surface area contributed by atoms with E-state index in [9.17, 15) is 22.8 Å². The van der Waals surface area contributed by atoms with E-state index in [1.807, 2.05) is 30.3 Å². The molecule has 2 aromatic carbocycles. The Morgan fingerprint density at radius 1 is 1.03 bits per heavy atom. The fourth-order valence-corrected chi connectivity index (χ4v) is 5.20. The maximum atomic E-state index is 12.9. The Morgan fingerprint density at radius 2 is 1.72 bits per heavy atom. The summed E-state index contributed by atoms with van der Waals surface area (Å²) in [5, 5.41) is 6.58. The standard InChI is InChI=1S/C25H28N4O6S/c1-4-28(5-2)36(33,34)22-15-20(12-11-18(22)3)26-23(30)17-35-25(32)21-13-14-24(31)29(27-21)16-19-9-7-6-8-10-19/h6-15H,4-5,16-17H2,1-3H3,(H,26,30). The van der Waals surface area contributed by atoms with E-state index in [-0.39, 0.29) is 28.4 Å². The molecule has 1 amide bonds. The highest BCUT2D eigenvalue weighted by Crippen LogP contribution is 2.23. The van der Waals surface area contributed by atoms with Gasteiger partial charge in [-0.25, -0.2) is 17.9 Å². The zero-order chi connectivity index (χ0) is 26.3. The van der Waals surface area contributed by atoms with E-state index in [2.05, 4.69) is 10.4 Å². The molecule has 3 rings (SSSR count). The lowest BCUT2D eigenvalue weighted by molar-refractivity contribution is -0.119. The van der Waals surface area contributed by atoms with Crippen molar-refractivity contribution in [2.75, 3.05) is 25.0 Å². The molecule has 1 aromatic heterocycles. The van der Waals surface area contributed by atoms with Crippen LogP contribution in [-0.2, 0) is 26.1 Å². The van der Waals surface area contributed by atoms with Crippen molar-refractivity contribution in [2.45, 2.75) is 32.2 Å². The highest BCUT2D eigenvalue weighted by atomic mass is 32.2. The summed E-state index contributed by atoms with van der Waals surface area (Å²) in [7, 11) is -3.72. The van der Waals surface area contributed by atoms with Gasteiger partial charge in [-0.1, -0.05) is 50.2 Å². The third kappa shape index (κ3) is 6.43. The molecule has 3 aromatic rings. The predicted octanol–water partition coefficient (Wildman–Crippen LogP) is 2.43. The molecule has 0 spiro atoms. The Labute approximate surface area is 209 Å². The Hall–Kier alpha value is -3.83. The van der Waals surface area contributed by atoms with Gasteiger partial charge in [-0.15, -0.1) is 0 Å². The first-order valence-corrected chi connectivity index (χ1v) is 12.8. The number of rotatable bonds is 10. The average Bonchev–Trinajstić information content (AvgIpc) is 2.86. The van der Waals surface area contributed by atoms with Gasteiger partial charge in [-0.05, 0) is 36.2 Å². The highest BCUT2D eigenvalue weighted by Gasteiger charge is 2.24. The molecule has 0 aliphatic carbocycles. The summed E-state index contributed by atoms with van der Waals surface area (Å²) in [6.45, 7) is 5.36. The number of carbonyl (C=O) groups excluding carboxylic acids is 2. The minimum Gasteiger partial charge on any atom is -0.451 e. The summed E-state index contributed by atoms with van der Waals surface area (Å²) in [6.07, 6.45) is 0. The lowest BCUT2D eigenvalue weighted by Gasteiger charge is -2.20. The molecule has 0 unspecified atom stereocenters. The number of ether oxygens (including phenoxy) is 1. The summed E-state index contributed by atoms with van der Waals surface area (Å²) in [6, 6.07) is 16.1. The van der Waals surface area contributed by atoms with Gasteiger partial charge in [0.25, 0.3) is 11.5 Å². The molecule has 190 valence electrons. The monoisotopic (exact) mass is 512 g/mol. The van der Waals surface area contributed by atoms with Crippen molar-refractivity contribution in [1.82, 2.24) is 14.1 Å². The van der Waals surface area contributed by atoms with Crippen molar-refractivity contribution in [3.05, 3.63) is 87.8 Å². The van der Waals surface area contributed by atoms with E-state index in [1.54, 1.807) is 32.9 Å². The van der Waals surface area contributed by atoms with Crippen molar-refractivity contribution in [2.24, 2.45) is 0 Å². The fraction of sp³-hybridized carbons (Fsp3) is 0.280. The number of hydrogen-bond donors (Lipinski definition) is 1. The molecule has 0 aliphatic heterocycles. The van der Waals surface area contributed by atoms with E-state index >= 15 is 0 Å². The zero-order valence-corrected chi connectivity index (χ0v) is 21.1. The third-order valence-electron chi connectivity index (χ3n) is 5.38. The van der Waals surface area contributed by atoms with E-state index in [0.29, 0.717) is 18.7 Å². The third-order valence-corrected chi connectivity index (χ3v) is 7.57. The predicted molar refractivity (Wildman–Crippen MR) is 134 cm³/mol. The number of carbonyl (C=O) groups is 2. The molecule has 0 bridgehead atoms. The number of nitrogens with one attached hydrogen (secondary N) is 1. The second-order valence-corrected chi connectivity index (χ2v) is 9.80. The van der Waals surface area contributed by atoms with E-state index < -0.39 is 28.5 Å². The maximum Gasteiger partial charge on any atom is 0.359 e. The van der Waals surface area contributed by atoms with Gasteiger partial charge >= 0.3 is 5.97 Å². The van der Waals surface area contributed by atoms with Crippen LogP contribution in [-0.4, -0.2) is 54.1 Å². The van der Waals surface area contributed by atoms with Crippen LogP contribution in [0.4, 0.5) is 5.69 Å². The topological polar surface area (TPSA) is 128 Å². The molecule has 0 fully saturated rings. The summed E-state index contributed by atoms with van der Waals surface area (Å²) in [4.78, 5) is 37.0. The summed E-state index contributed by atoms with van der Waals surface area (Å²) in [5.74, 6) is -1.53. The molecule has 10 nitrogen and oxygen atoms in total. The number of amides is 1. The smallest absolute Gasteiger partial charge is 0.359 e. The van der Waals surface area contributed by atoms with E-state index in [4.69, 9.17) is 4.74 Å². The number of nitrogens with zero attached hydrogens (tertiary/aromatic N) is 3. The van der Waals surface area contributed by atoms with Gasteiger partial charge in [0, 0.05) is 24.8 Å². The van der Waals surface area contributed by atoms with Gasteiger partial charge in [0.15, 0.2) is 12.3 Å². The van der Waals surface area contributed by atoms with Crippen molar-refractivity contribution in [3.8, 4) is 0 Å². The lowest BCUT2D eigenvalue weighted by atomic mass is 10.2. The number of sulfonamides is 1. The average molecular weight is 513 g/mol. The summed E-state index contributed by atoms with van der Waals surface area (Å²) in [5.41, 5.74) is 1.12. The van der Waals surface area contributed by atoms with Crippen LogP contribution in [0.5, 0.6) is 0 Å². The first kappa shape index (κ1) is 26.8. The molecule has 11 heteroatoms. The molecule has 1 heterocycles. The van der Waals surface area contributed by atoms with Crippen molar-refractivity contribution in [1.29, 1.82) is 0 Å². The number of aromatic nitrogens is 2. The van der Waals surface area contributed by atoms with Crippen LogP contribution in [0.15, 0.2) is 70.4 Å². The van der Waals surface area contributed by atoms with Gasteiger partial charge in [0.2, 0.25) is 10.0 Å². The second-order valence-electron chi connectivity index (χ2n) is 7.89. The molecule has 1 N–H and O–H groups in total. The Bertz CT molecular complexity index is 1400. The van der Waals surface area contributed by atoms with Crippen LogP contribution in [0.3, 0.4) is 0 Å². The summed E-state index contributed by atoms with van der Waals surface area (Å²) < 4.78 is 33.3. The molecular formula is C25H28N4O6S. The molecule has 0 aliphatic rings. The minimum atomic E-state index is -3.72. The normalized spacial score (nSPS) is 11.3. The first-order valence-electron chi connectivity index (χ1n) is 11.4. The lowest BCUT2D eigenvalue weighted by Crippen LogP contribution is -2.31. The molecule has 36 heavy (non-hydrogen) atoms. The number of esters is 1. The SMILES string of the molecule is CCN(CC)S(=O)(=O)c1cc(NC(=O)COC(=O)c2ccc(=O)n(Cc3ccccc3)n2)ccc1C. The Kier molecular flexibility index (Phi) is 8.73. The van der Waals surface area contributed by atoms with Crippen LogP contribution in [0.1, 0.15) is 35.5 Å². The van der Waals surface area contributed by atoms with Crippen LogP contribution in [0, 0.1) is 6.92 Å². The van der Waals surface area contributed by atoms with Gasteiger partial charge in [0.1, 0.15) is 0 Å².